The van der Waals surface area contributed by atoms with Gasteiger partial charge >= 0.3 is 0 Å². The van der Waals surface area contributed by atoms with E-state index in [-0.39, 0.29) is 5.91 Å². The highest BCUT2D eigenvalue weighted by Crippen LogP contribution is 2.28. The Balaban J connectivity index is 1.72. The average molecular weight is 366 g/mol. The number of aromatic nitrogens is 3. The number of hydrogen-bond donors (Lipinski definition) is 1. The zero-order valence-electron chi connectivity index (χ0n) is 15.0. The largest absolute Gasteiger partial charge is 0.466 e. The number of anilines is 1. The third-order valence-corrected chi connectivity index (χ3v) is 5.07. The van der Waals surface area contributed by atoms with Crippen molar-refractivity contribution in [2.24, 2.45) is 0 Å². The van der Waals surface area contributed by atoms with Crippen LogP contribution in [0.3, 0.4) is 0 Å². The third kappa shape index (κ3) is 2.90. The van der Waals surface area contributed by atoms with Gasteiger partial charge in [-0.1, -0.05) is 17.4 Å². The average Bonchev–Trinajstić information content (AvgIpc) is 3.23. The van der Waals surface area contributed by atoms with Gasteiger partial charge in [-0.2, -0.15) is 9.78 Å². The van der Waals surface area contributed by atoms with Crippen molar-refractivity contribution < 1.29 is 9.21 Å². The second-order valence-electron chi connectivity index (χ2n) is 6.33. The molecule has 4 aromatic rings. The molecule has 3 heterocycles. The van der Waals surface area contributed by atoms with Crippen molar-refractivity contribution in [1.82, 2.24) is 14.8 Å². The van der Waals surface area contributed by atoms with Gasteiger partial charge in [0, 0.05) is 6.07 Å². The van der Waals surface area contributed by atoms with E-state index in [1.165, 1.54) is 5.56 Å². The molecule has 0 aliphatic carbocycles. The highest BCUT2D eigenvalue weighted by molar-refractivity contribution is 7.20. The van der Waals surface area contributed by atoms with Gasteiger partial charge < -0.3 is 9.73 Å². The van der Waals surface area contributed by atoms with E-state index in [9.17, 15) is 4.79 Å². The highest BCUT2D eigenvalue weighted by atomic mass is 32.1. The molecular formula is C19H18N4O2S. The SMILES string of the molecule is Cc1ccc2nc(-n3nc(C)cc3NC(=O)c3cc(C)oc3C)sc2c1. The van der Waals surface area contributed by atoms with Crippen LogP contribution in [0.2, 0.25) is 0 Å². The summed E-state index contributed by atoms with van der Waals surface area (Å²) in [6.07, 6.45) is 0. The molecule has 0 aliphatic heterocycles. The van der Waals surface area contributed by atoms with Crippen molar-refractivity contribution >= 4 is 33.3 Å². The molecule has 3 aromatic heterocycles. The number of rotatable bonds is 3. The molecule has 7 heteroatoms. The van der Waals surface area contributed by atoms with E-state index >= 15 is 0 Å². The molecule has 1 N–H and O–H groups in total. The van der Waals surface area contributed by atoms with E-state index in [2.05, 4.69) is 28.4 Å². The molecule has 132 valence electrons. The zero-order valence-corrected chi connectivity index (χ0v) is 15.8. The summed E-state index contributed by atoms with van der Waals surface area (Å²) in [6, 6.07) is 9.70. The highest BCUT2D eigenvalue weighted by Gasteiger charge is 2.18. The van der Waals surface area contributed by atoms with Gasteiger partial charge in [-0.05, 0) is 51.5 Å². The third-order valence-electron chi connectivity index (χ3n) is 4.07. The fourth-order valence-electron chi connectivity index (χ4n) is 2.88. The van der Waals surface area contributed by atoms with Crippen molar-refractivity contribution in [2.75, 3.05) is 5.32 Å². The van der Waals surface area contributed by atoms with E-state index in [1.54, 1.807) is 29.0 Å². The molecule has 0 atom stereocenters. The van der Waals surface area contributed by atoms with Gasteiger partial charge in [-0.15, -0.1) is 0 Å². The lowest BCUT2D eigenvalue weighted by Gasteiger charge is -2.05. The molecular weight excluding hydrogens is 348 g/mol. The topological polar surface area (TPSA) is 73.0 Å². The van der Waals surface area contributed by atoms with Crippen LogP contribution in [0.15, 0.2) is 34.7 Å². The van der Waals surface area contributed by atoms with Crippen molar-refractivity contribution in [1.29, 1.82) is 0 Å². The van der Waals surface area contributed by atoms with Crippen LogP contribution in [0.4, 0.5) is 5.82 Å². The fraction of sp³-hybridized carbons (Fsp3) is 0.211. The molecule has 1 aromatic carbocycles. The van der Waals surface area contributed by atoms with Crippen LogP contribution in [0, 0.1) is 27.7 Å². The van der Waals surface area contributed by atoms with Gasteiger partial charge in [0.15, 0.2) is 0 Å². The molecule has 0 unspecified atom stereocenters. The number of carbonyl (C=O) groups is 1. The minimum Gasteiger partial charge on any atom is -0.466 e. The van der Waals surface area contributed by atoms with Crippen LogP contribution < -0.4 is 5.32 Å². The maximum atomic E-state index is 12.6. The van der Waals surface area contributed by atoms with Crippen molar-refractivity contribution in [2.45, 2.75) is 27.7 Å². The molecule has 0 spiro atoms. The van der Waals surface area contributed by atoms with Crippen LogP contribution in [-0.2, 0) is 0 Å². The van der Waals surface area contributed by atoms with Gasteiger partial charge in [-0.25, -0.2) is 4.98 Å². The number of nitrogens with one attached hydrogen (secondary N) is 1. The number of aryl methyl sites for hydroxylation is 4. The number of hydrogen-bond acceptors (Lipinski definition) is 5. The van der Waals surface area contributed by atoms with Crippen LogP contribution in [0.25, 0.3) is 15.3 Å². The Hall–Kier alpha value is -2.93. The van der Waals surface area contributed by atoms with Gasteiger partial charge in [0.1, 0.15) is 17.3 Å². The maximum Gasteiger partial charge on any atom is 0.260 e. The second kappa shape index (κ2) is 6.10. The lowest BCUT2D eigenvalue weighted by Crippen LogP contribution is -2.15. The number of benzene rings is 1. The lowest BCUT2D eigenvalue weighted by atomic mass is 10.2. The number of furan rings is 1. The molecule has 0 saturated carbocycles. The number of amides is 1. The van der Waals surface area contributed by atoms with Gasteiger partial charge in [0.25, 0.3) is 5.91 Å². The van der Waals surface area contributed by atoms with E-state index < -0.39 is 0 Å². The number of thiazole rings is 1. The summed E-state index contributed by atoms with van der Waals surface area (Å²) in [5.41, 5.74) is 3.43. The Morgan fingerprint density at radius 2 is 1.96 bits per heavy atom. The molecule has 0 bridgehead atoms. The Morgan fingerprint density at radius 3 is 2.69 bits per heavy atom. The number of fused-ring (bicyclic) bond motifs is 1. The van der Waals surface area contributed by atoms with Crippen molar-refractivity contribution in [3.05, 3.63) is 58.7 Å². The molecule has 6 nitrogen and oxygen atoms in total. The summed E-state index contributed by atoms with van der Waals surface area (Å²) in [6.45, 7) is 7.54. The Morgan fingerprint density at radius 1 is 1.15 bits per heavy atom. The fourth-order valence-corrected chi connectivity index (χ4v) is 3.91. The van der Waals surface area contributed by atoms with E-state index in [0.717, 1.165) is 15.9 Å². The summed E-state index contributed by atoms with van der Waals surface area (Å²) in [5, 5.41) is 8.14. The Kier molecular flexibility index (Phi) is 3.88. The smallest absolute Gasteiger partial charge is 0.260 e. The molecule has 26 heavy (non-hydrogen) atoms. The first kappa shape index (κ1) is 16.5. The van der Waals surface area contributed by atoms with Crippen LogP contribution in [-0.4, -0.2) is 20.7 Å². The zero-order chi connectivity index (χ0) is 18.4. The Bertz CT molecular complexity index is 1140. The molecule has 4 rings (SSSR count). The standard InChI is InChI=1S/C19H18N4O2S/c1-10-5-6-15-16(7-10)26-19(20-15)23-17(8-11(2)22-23)21-18(24)14-9-12(3)25-13(14)4/h5-9H,1-4H3,(H,21,24). The van der Waals surface area contributed by atoms with Crippen molar-refractivity contribution in [3.8, 4) is 5.13 Å². The molecule has 0 aliphatic rings. The van der Waals surface area contributed by atoms with Crippen LogP contribution in [0.5, 0.6) is 0 Å². The summed E-state index contributed by atoms with van der Waals surface area (Å²) in [7, 11) is 0. The minimum atomic E-state index is -0.225. The minimum absolute atomic E-state index is 0.225. The Labute approximate surface area is 154 Å². The number of carbonyl (C=O) groups excluding carboxylic acids is 1. The lowest BCUT2D eigenvalue weighted by molar-refractivity contribution is 0.102. The van der Waals surface area contributed by atoms with Gasteiger partial charge in [0.2, 0.25) is 5.13 Å². The molecule has 1 amide bonds. The summed E-state index contributed by atoms with van der Waals surface area (Å²) < 4.78 is 8.22. The van der Waals surface area contributed by atoms with E-state index in [0.29, 0.717) is 28.0 Å². The predicted molar refractivity (Wildman–Crippen MR) is 102 cm³/mol. The first-order valence-electron chi connectivity index (χ1n) is 8.23. The first-order valence-corrected chi connectivity index (χ1v) is 9.05. The maximum absolute atomic E-state index is 12.6. The van der Waals surface area contributed by atoms with Gasteiger partial charge in [-0.3, -0.25) is 4.79 Å². The monoisotopic (exact) mass is 366 g/mol. The van der Waals surface area contributed by atoms with Crippen LogP contribution >= 0.6 is 11.3 Å². The summed E-state index contributed by atoms with van der Waals surface area (Å²) >= 11 is 1.54. The second-order valence-corrected chi connectivity index (χ2v) is 7.34. The predicted octanol–water partition coefficient (Wildman–Crippen LogP) is 4.56. The molecule has 0 radical (unpaired) electrons. The quantitative estimate of drug-likeness (QED) is 0.577. The van der Waals surface area contributed by atoms with E-state index in [1.807, 2.05) is 32.0 Å². The van der Waals surface area contributed by atoms with E-state index in [4.69, 9.17) is 4.42 Å². The summed E-state index contributed by atoms with van der Waals surface area (Å²) in [5.74, 6) is 1.66. The molecule has 0 fully saturated rings. The molecule has 0 saturated heterocycles. The van der Waals surface area contributed by atoms with Crippen molar-refractivity contribution in [3.63, 3.8) is 0 Å². The first-order chi connectivity index (χ1) is 12.4. The van der Waals surface area contributed by atoms with Gasteiger partial charge in [0.05, 0.1) is 21.5 Å². The van der Waals surface area contributed by atoms with Crippen LogP contribution in [0.1, 0.15) is 33.1 Å². The normalized spacial score (nSPS) is 11.2. The number of nitrogens with zero attached hydrogens (tertiary/aromatic N) is 3. The summed E-state index contributed by atoms with van der Waals surface area (Å²) in [4.78, 5) is 17.3.